The Bertz CT molecular complexity index is 519. The summed E-state index contributed by atoms with van der Waals surface area (Å²) in [6, 6.07) is 0. The zero-order chi connectivity index (χ0) is 16.8. The molecule has 124 valence electrons. The maximum absolute atomic E-state index is 11.4. The van der Waals surface area contributed by atoms with E-state index in [0.717, 1.165) is 0 Å². The van der Waals surface area contributed by atoms with Gasteiger partial charge in [0.15, 0.2) is 6.79 Å². The Balaban J connectivity index is 4.55. The average Bonchev–Trinajstić information content (AvgIpc) is 2.26. The zero-order valence-electron chi connectivity index (χ0n) is 12.4. The summed E-state index contributed by atoms with van der Waals surface area (Å²) >= 11 is 0. The van der Waals surface area contributed by atoms with E-state index in [0.29, 0.717) is 0 Å². The fraction of sp³-hybridized carbons (Fsp3) is 0.818. The molecule has 0 aromatic heterocycles. The fourth-order valence-electron chi connectivity index (χ4n) is 1.15. The molecule has 0 atom stereocenters. The number of hydrogen-bond donors (Lipinski definition) is 0. The molecule has 10 heteroatoms. The predicted molar refractivity (Wildman–Crippen MR) is 73.8 cm³/mol. The van der Waals surface area contributed by atoms with Crippen LogP contribution in [-0.4, -0.2) is 33.9 Å². The second-order valence-electron chi connectivity index (χ2n) is 5.20. The smallest absolute Gasteiger partial charge is 0.279 e. The van der Waals surface area contributed by atoms with Gasteiger partial charge in [-0.1, -0.05) is 27.7 Å². The van der Waals surface area contributed by atoms with Gasteiger partial charge in [-0.05, 0) is 11.8 Å². The van der Waals surface area contributed by atoms with E-state index in [1.165, 1.54) is 0 Å². The summed E-state index contributed by atoms with van der Waals surface area (Å²) in [6.07, 6.45) is -0.525. The average molecular weight is 344 g/mol. The van der Waals surface area contributed by atoms with E-state index in [1.807, 2.05) is 0 Å². The normalized spacial score (nSPS) is 12.9. The molecule has 0 radical (unpaired) electrons. The molecule has 0 saturated carbocycles. The molecule has 21 heavy (non-hydrogen) atoms. The first-order chi connectivity index (χ1) is 9.38. The van der Waals surface area contributed by atoms with Crippen LogP contribution in [0.5, 0.6) is 0 Å². The SMILES string of the molecule is CC(C)CC(=O)S(=O)(=O)OCOS(=O)(=O)C(=O)CC(C)C. The van der Waals surface area contributed by atoms with Gasteiger partial charge in [-0.3, -0.25) is 9.59 Å². The molecule has 0 aliphatic rings. The van der Waals surface area contributed by atoms with Crippen molar-refractivity contribution < 1.29 is 34.8 Å². The Labute approximate surface area is 125 Å². The molecule has 0 heterocycles. The third kappa shape index (κ3) is 7.65. The van der Waals surface area contributed by atoms with Crippen LogP contribution in [0.1, 0.15) is 40.5 Å². The lowest BCUT2D eigenvalue weighted by Crippen LogP contribution is -2.24. The van der Waals surface area contributed by atoms with Gasteiger partial charge >= 0.3 is 20.2 Å². The highest BCUT2D eigenvalue weighted by atomic mass is 32.2. The minimum absolute atomic E-state index is 0.201. The molecule has 0 rings (SSSR count). The van der Waals surface area contributed by atoms with Crippen LogP contribution in [0.2, 0.25) is 0 Å². The Hall–Kier alpha value is -0.840. The van der Waals surface area contributed by atoms with Gasteiger partial charge in [0.25, 0.3) is 10.2 Å². The topological polar surface area (TPSA) is 121 Å². The maximum Gasteiger partial charge on any atom is 0.333 e. The monoisotopic (exact) mass is 344 g/mol. The van der Waals surface area contributed by atoms with E-state index in [2.05, 4.69) is 8.37 Å². The lowest BCUT2D eigenvalue weighted by molar-refractivity contribution is -0.113. The predicted octanol–water partition coefficient (Wildman–Crippen LogP) is 0.782. The highest BCUT2D eigenvalue weighted by Gasteiger charge is 2.28. The lowest BCUT2D eigenvalue weighted by atomic mass is 10.2. The molecule has 0 N–H and O–H groups in total. The van der Waals surface area contributed by atoms with Crippen LogP contribution in [0.3, 0.4) is 0 Å². The van der Waals surface area contributed by atoms with E-state index in [4.69, 9.17) is 0 Å². The second kappa shape index (κ2) is 7.97. The van der Waals surface area contributed by atoms with Crippen LogP contribution in [0.15, 0.2) is 0 Å². The first-order valence-electron chi connectivity index (χ1n) is 6.23. The number of hydrogen-bond acceptors (Lipinski definition) is 8. The summed E-state index contributed by atoms with van der Waals surface area (Å²) in [7, 11) is -9.13. The van der Waals surface area contributed by atoms with Crippen molar-refractivity contribution in [3.05, 3.63) is 0 Å². The Morgan fingerprint density at radius 2 is 1.05 bits per heavy atom. The highest BCUT2D eigenvalue weighted by molar-refractivity contribution is 8.02. The second-order valence-corrected chi connectivity index (χ2v) is 8.40. The van der Waals surface area contributed by atoms with Gasteiger partial charge in [0.05, 0.1) is 0 Å². The van der Waals surface area contributed by atoms with Crippen molar-refractivity contribution in [1.29, 1.82) is 0 Å². The van der Waals surface area contributed by atoms with Gasteiger partial charge in [-0.15, -0.1) is 0 Å². The minimum Gasteiger partial charge on any atom is -0.279 e. The largest absolute Gasteiger partial charge is 0.333 e. The maximum atomic E-state index is 11.4. The van der Waals surface area contributed by atoms with Gasteiger partial charge in [0, 0.05) is 12.8 Å². The molecule has 0 saturated heterocycles. The van der Waals surface area contributed by atoms with Gasteiger partial charge in [-0.2, -0.15) is 16.8 Å². The molecule has 0 aliphatic carbocycles. The van der Waals surface area contributed by atoms with Crippen molar-refractivity contribution in [1.82, 2.24) is 0 Å². The molecule has 0 aromatic carbocycles. The van der Waals surface area contributed by atoms with Gasteiger partial charge in [0.1, 0.15) is 0 Å². The molecule has 0 aromatic rings. The number of carbonyl (C=O) groups excluding carboxylic acids is 2. The van der Waals surface area contributed by atoms with Gasteiger partial charge in [0.2, 0.25) is 0 Å². The Morgan fingerprint density at radius 1 is 0.762 bits per heavy atom. The van der Waals surface area contributed by atoms with Crippen molar-refractivity contribution in [2.24, 2.45) is 11.8 Å². The van der Waals surface area contributed by atoms with Gasteiger partial charge in [-0.25, -0.2) is 8.37 Å². The van der Waals surface area contributed by atoms with Crippen molar-refractivity contribution >= 4 is 30.5 Å². The van der Waals surface area contributed by atoms with Gasteiger partial charge < -0.3 is 0 Å². The number of rotatable bonds is 8. The third-order valence-electron chi connectivity index (χ3n) is 2.11. The third-order valence-corrected chi connectivity index (χ3v) is 4.38. The minimum atomic E-state index is -4.57. The Morgan fingerprint density at radius 3 is 1.29 bits per heavy atom. The lowest BCUT2D eigenvalue weighted by Gasteiger charge is -2.08. The molecule has 0 fully saturated rings. The summed E-state index contributed by atoms with van der Waals surface area (Å²) in [5.41, 5.74) is 0. The van der Waals surface area contributed by atoms with Crippen LogP contribution >= 0.6 is 0 Å². The van der Waals surface area contributed by atoms with Crippen LogP contribution in [0.4, 0.5) is 0 Å². The fourth-order valence-corrected chi connectivity index (χ4v) is 2.90. The zero-order valence-corrected chi connectivity index (χ0v) is 14.0. The van der Waals surface area contributed by atoms with E-state index in [1.54, 1.807) is 27.7 Å². The number of carbonyl (C=O) groups is 2. The first-order valence-corrected chi connectivity index (χ1v) is 9.04. The molecule has 0 bridgehead atoms. The van der Waals surface area contributed by atoms with Crippen LogP contribution in [0.25, 0.3) is 0 Å². The van der Waals surface area contributed by atoms with Crippen molar-refractivity contribution in [3.8, 4) is 0 Å². The summed E-state index contributed by atoms with van der Waals surface area (Å²) in [5, 5.41) is -2.35. The summed E-state index contributed by atoms with van der Waals surface area (Å²) in [5.74, 6) is -0.402. The van der Waals surface area contributed by atoms with E-state index in [9.17, 15) is 26.4 Å². The highest BCUT2D eigenvalue weighted by Crippen LogP contribution is 2.10. The van der Waals surface area contributed by atoms with Crippen molar-refractivity contribution in [2.75, 3.05) is 6.79 Å². The Kier molecular flexibility index (Phi) is 7.65. The summed E-state index contributed by atoms with van der Waals surface area (Å²) in [6.45, 7) is 5.31. The van der Waals surface area contributed by atoms with E-state index >= 15 is 0 Å². The van der Waals surface area contributed by atoms with E-state index in [-0.39, 0.29) is 24.7 Å². The molecule has 8 nitrogen and oxygen atoms in total. The standard InChI is InChI=1S/C11H20O8S2/c1-8(2)5-10(12)20(14,15)18-7-19-21(16,17)11(13)6-9(3)4/h8-9H,5-7H2,1-4H3. The first kappa shape index (κ1) is 20.2. The molecule has 0 amide bonds. The quantitative estimate of drug-likeness (QED) is 0.468. The van der Waals surface area contributed by atoms with E-state index < -0.39 is 37.3 Å². The summed E-state index contributed by atoms with van der Waals surface area (Å²) < 4.78 is 53.8. The van der Waals surface area contributed by atoms with Crippen LogP contribution in [0, 0.1) is 11.8 Å². The molecule has 0 spiro atoms. The van der Waals surface area contributed by atoms with Crippen LogP contribution in [-0.2, 0) is 38.2 Å². The molecule has 0 unspecified atom stereocenters. The van der Waals surface area contributed by atoms with Crippen molar-refractivity contribution in [3.63, 3.8) is 0 Å². The van der Waals surface area contributed by atoms with Crippen LogP contribution < -0.4 is 0 Å². The van der Waals surface area contributed by atoms with Crippen molar-refractivity contribution in [2.45, 2.75) is 40.5 Å². The molecule has 0 aliphatic heterocycles. The molecular weight excluding hydrogens is 324 g/mol. The molecular formula is C11H20O8S2. The summed E-state index contributed by atoms with van der Waals surface area (Å²) in [4.78, 5) is 22.7.